The highest BCUT2D eigenvalue weighted by Crippen LogP contribution is 2.21. The van der Waals surface area contributed by atoms with Crippen LogP contribution < -0.4 is 5.32 Å². The minimum Gasteiger partial charge on any atom is -0.443 e. The van der Waals surface area contributed by atoms with Crippen molar-refractivity contribution in [2.45, 2.75) is 20.0 Å². The van der Waals surface area contributed by atoms with E-state index in [0.717, 1.165) is 5.56 Å². The first-order valence-electron chi connectivity index (χ1n) is 8.45. The van der Waals surface area contributed by atoms with Crippen LogP contribution in [0, 0.1) is 13.8 Å². The molecule has 0 aliphatic rings. The quantitative estimate of drug-likeness (QED) is 0.702. The highest BCUT2D eigenvalue weighted by atomic mass is 16.5. The van der Waals surface area contributed by atoms with Gasteiger partial charge in [0.2, 0.25) is 6.10 Å². The maximum atomic E-state index is 12.8. The number of nitrogens with one attached hydrogen (secondary N) is 1. The van der Waals surface area contributed by atoms with Gasteiger partial charge in [-0.3, -0.25) is 9.78 Å². The maximum absolute atomic E-state index is 12.8. The van der Waals surface area contributed by atoms with Gasteiger partial charge in [-0.05, 0) is 26.0 Å². The molecule has 27 heavy (non-hydrogen) atoms. The molecule has 0 saturated heterocycles. The number of amides is 1. The first kappa shape index (κ1) is 18.3. The van der Waals surface area contributed by atoms with Crippen LogP contribution >= 0.6 is 0 Å². The van der Waals surface area contributed by atoms with Gasteiger partial charge in [-0.25, -0.2) is 9.78 Å². The van der Waals surface area contributed by atoms with E-state index in [-0.39, 0.29) is 5.69 Å². The lowest BCUT2D eigenvalue weighted by molar-refractivity contribution is -0.125. The number of anilines is 1. The molecule has 6 nitrogen and oxygen atoms in total. The number of nitrogens with zero attached hydrogens (tertiary/aromatic N) is 2. The van der Waals surface area contributed by atoms with Crippen molar-refractivity contribution in [3.05, 3.63) is 89.5 Å². The smallest absolute Gasteiger partial charge is 0.359 e. The molecule has 2 aromatic carbocycles. The lowest BCUT2D eigenvalue weighted by Gasteiger charge is -2.18. The molecule has 0 aliphatic heterocycles. The topological polar surface area (TPSA) is 81.2 Å². The molecule has 1 aromatic heterocycles. The van der Waals surface area contributed by atoms with Gasteiger partial charge in [0.05, 0.1) is 11.9 Å². The lowest BCUT2D eigenvalue weighted by atomic mass is 10.1. The van der Waals surface area contributed by atoms with Crippen LogP contribution in [-0.2, 0) is 9.53 Å². The van der Waals surface area contributed by atoms with Crippen LogP contribution in [0.15, 0.2) is 67.0 Å². The van der Waals surface area contributed by atoms with Crippen molar-refractivity contribution in [1.29, 1.82) is 0 Å². The first-order valence-corrected chi connectivity index (χ1v) is 8.45. The van der Waals surface area contributed by atoms with Crippen molar-refractivity contribution < 1.29 is 14.3 Å². The molecule has 1 heterocycles. The normalized spacial score (nSPS) is 11.5. The Kier molecular flexibility index (Phi) is 5.56. The van der Waals surface area contributed by atoms with Crippen molar-refractivity contribution in [3.63, 3.8) is 0 Å². The summed E-state index contributed by atoms with van der Waals surface area (Å²) in [5, 5.41) is 2.78. The molecular weight excluding hydrogens is 342 g/mol. The van der Waals surface area contributed by atoms with E-state index < -0.39 is 18.0 Å². The van der Waals surface area contributed by atoms with E-state index in [9.17, 15) is 9.59 Å². The van der Waals surface area contributed by atoms with Gasteiger partial charge in [-0.2, -0.15) is 0 Å². The fourth-order valence-electron chi connectivity index (χ4n) is 2.41. The first-order chi connectivity index (χ1) is 13.0. The Morgan fingerprint density at radius 2 is 1.63 bits per heavy atom. The van der Waals surface area contributed by atoms with E-state index in [0.29, 0.717) is 16.9 Å². The molecule has 0 bridgehead atoms. The summed E-state index contributed by atoms with van der Waals surface area (Å²) in [7, 11) is 0. The van der Waals surface area contributed by atoms with Crippen molar-refractivity contribution in [2.75, 3.05) is 5.32 Å². The van der Waals surface area contributed by atoms with E-state index >= 15 is 0 Å². The van der Waals surface area contributed by atoms with Crippen molar-refractivity contribution in [3.8, 4) is 0 Å². The Labute approximate surface area is 157 Å². The van der Waals surface area contributed by atoms with Crippen LogP contribution in [0.3, 0.4) is 0 Å². The predicted molar refractivity (Wildman–Crippen MR) is 101 cm³/mol. The van der Waals surface area contributed by atoms with Crippen molar-refractivity contribution in [1.82, 2.24) is 9.97 Å². The Morgan fingerprint density at radius 3 is 2.26 bits per heavy atom. The van der Waals surface area contributed by atoms with Crippen molar-refractivity contribution in [2.24, 2.45) is 0 Å². The number of rotatable bonds is 5. The van der Waals surface area contributed by atoms with Crippen LogP contribution in [0.2, 0.25) is 0 Å². The Bertz CT molecular complexity index is 923. The summed E-state index contributed by atoms with van der Waals surface area (Å²) in [5.41, 5.74) is 3.00. The molecule has 0 radical (unpaired) electrons. The monoisotopic (exact) mass is 361 g/mol. The Balaban J connectivity index is 1.82. The number of hydrogen-bond donors (Lipinski definition) is 1. The highest BCUT2D eigenvalue weighted by Gasteiger charge is 2.26. The van der Waals surface area contributed by atoms with Gasteiger partial charge >= 0.3 is 5.97 Å². The summed E-state index contributed by atoms with van der Waals surface area (Å²) in [6.07, 6.45) is 1.70. The van der Waals surface area contributed by atoms with Gasteiger partial charge in [-0.15, -0.1) is 0 Å². The lowest BCUT2D eigenvalue weighted by Crippen LogP contribution is -2.26. The molecule has 0 fully saturated rings. The Morgan fingerprint density at radius 1 is 0.926 bits per heavy atom. The zero-order valence-electron chi connectivity index (χ0n) is 15.0. The van der Waals surface area contributed by atoms with Gasteiger partial charge in [-0.1, -0.05) is 48.0 Å². The molecule has 6 heteroatoms. The zero-order valence-corrected chi connectivity index (χ0v) is 15.0. The number of esters is 1. The second-order valence-corrected chi connectivity index (χ2v) is 6.09. The molecule has 3 rings (SSSR count). The number of aryl methyl sites for hydroxylation is 2. The van der Waals surface area contributed by atoms with Gasteiger partial charge in [0.25, 0.3) is 5.91 Å². The van der Waals surface area contributed by atoms with E-state index in [2.05, 4.69) is 15.3 Å². The van der Waals surface area contributed by atoms with E-state index in [1.165, 1.54) is 12.4 Å². The molecule has 1 atom stereocenters. The maximum Gasteiger partial charge on any atom is 0.359 e. The predicted octanol–water partition coefficient (Wildman–Crippen LogP) is 3.63. The summed E-state index contributed by atoms with van der Waals surface area (Å²) in [6.45, 7) is 3.73. The minimum atomic E-state index is -1.11. The Hall–Kier alpha value is -3.54. The van der Waals surface area contributed by atoms with Crippen molar-refractivity contribution >= 4 is 17.6 Å². The average molecular weight is 361 g/mol. The molecule has 1 N–H and O–H groups in total. The van der Waals surface area contributed by atoms with E-state index in [1.807, 2.05) is 25.1 Å². The third-order valence-electron chi connectivity index (χ3n) is 3.87. The van der Waals surface area contributed by atoms with Gasteiger partial charge in [0, 0.05) is 17.4 Å². The molecule has 1 amide bonds. The summed E-state index contributed by atoms with van der Waals surface area (Å²) in [6, 6.07) is 16.2. The minimum absolute atomic E-state index is 0.0460. The third kappa shape index (κ3) is 4.76. The molecule has 1 unspecified atom stereocenters. The highest BCUT2D eigenvalue weighted by molar-refractivity contribution is 5.97. The summed E-state index contributed by atoms with van der Waals surface area (Å²) >= 11 is 0. The fourth-order valence-corrected chi connectivity index (χ4v) is 2.41. The molecule has 0 aliphatic carbocycles. The summed E-state index contributed by atoms with van der Waals surface area (Å²) < 4.78 is 5.47. The number of benzene rings is 2. The van der Waals surface area contributed by atoms with Crippen LogP contribution in [0.5, 0.6) is 0 Å². The standard InChI is InChI=1S/C21H19N3O3/c1-14-8-10-17(11-9-14)24-20(25)19(16-6-4-3-5-7-16)27-21(26)18-13-22-15(2)12-23-18/h3-13,19H,1-2H3,(H,24,25). The number of ether oxygens (including phenoxy) is 1. The molecule has 136 valence electrons. The molecule has 0 saturated carbocycles. The van der Waals surface area contributed by atoms with E-state index in [1.54, 1.807) is 43.3 Å². The average Bonchev–Trinajstić information content (AvgIpc) is 2.69. The second-order valence-electron chi connectivity index (χ2n) is 6.09. The summed E-state index contributed by atoms with van der Waals surface area (Å²) in [5.74, 6) is -1.16. The van der Waals surface area contributed by atoms with Gasteiger partial charge in [0.15, 0.2) is 5.69 Å². The number of aromatic nitrogens is 2. The van der Waals surface area contributed by atoms with Crippen LogP contribution in [-0.4, -0.2) is 21.8 Å². The largest absolute Gasteiger partial charge is 0.443 e. The molecule has 0 spiro atoms. The van der Waals surface area contributed by atoms with Crippen LogP contribution in [0.4, 0.5) is 5.69 Å². The van der Waals surface area contributed by atoms with E-state index in [4.69, 9.17) is 4.74 Å². The van der Waals surface area contributed by atoms with Crippen LogP contribution in [0.25, 0.3) is 0 Å². The van der Waals surface area contributed by atoms with Gasteiger partial charge < -0.3 is 10.1 Å². The fraction of sp³-hybridized carbons (Fsp3) is 0.143. The number of hydrogen-bond acceptors (Lipinski definition) is 5. The van der Waals surface area contributed by atoms with Gasteiger partial charge in [0.1, 0.15) is 0 Å². The second kappa shape index (κ2) is 8.23. The SMILES string of the molecule is Cc1ccc(NC(=O)C(OC(=O)c2cnc(C)cn2)c2ccccc2)cc1. The molecular formula is C21H19N3O3. The number of carbonyl (C=O) groups excluding carboxylic acids is 2. The third-order valence-corrected chi connectivity index (χ3v) is 3.87. The summed E-state index contributed by atoms with van der Waals surface area (Å²) in [4.78, 5) is 33.3. The van der Waals surface area contributed by atoms with Crippen LogP contribution in [0.1, 0.15) is 33.4 Å². The number of carbonyl (C=O) groups is 2. The molecule has 3 aromatic rings. The zero-order chi connectivity index (χ0) is 19.2.